The lowest BCUT2D eigenvalue weighted by Gasteiger charge is -2.16. The van der Waals surface area contributed by atoms with Gasteiger partial charge in [0.2, 0.25) is 0 Å². The van der Waals surface area contributed by atoms with Gasteiger partial charge in [-0.2, -0.15) is 0 Å². The maximum atomic E-state index is 11.5. The third-order valence-corrected chi connectivity index (χ3v) is 2.43. The SMILES string of the molecule is CCCC(C)Oc1cc(N)ccc1C(=O)OC. The van der Waals surface area contributed by atoms with E-state index in [1.54, 1.807) is 18.2 Å². The number of anilines is 1. The van der Waals surface area contributed by atoms with Crippen LogP contribution in [0.3, 0.4) is 0 Å². The molecule has 0 spiro atoms. The smallest absolute Gasteiger partial charge is 0.341 e. The van der Waals surface area contributed by atoms with Crippen LogP contribution in [0.15, 0.2) is 18.2 Å². The highest BCUT2D eigenvalue weighted by molar-refractivity contribution is 5.93. The molecule has 0 saturated heterocycles. The molecule has 2 N–H and O–H groups in total. The van der Waals surface area contributed by atoms with Crippen molar-refractivity contribution >= 4 is 11.7 Å². The van der Waals surface area contributed by atoms with E-state index in [2.05, 4.69) is 6.92 Å². The first-order valence-electron chi connectivity index (χ1n) is 5.73. The summed E-state index contributed by atoms with van der Waals surface area (Å²) >= 11 is 0. The highest BCUT2D eigenvalue weighted by Gasteiger charge is 2.15. The van der Waals surface area contributed by atoms with Crippen LogP contribution in [0, 0.1) is 0 Å². The number of nitrogen functional groups attached to an aromatic ring is 1. The maximum Gasteiger partial charge on any atom is 0.341 e. The van der Waals surface area contributed by atoms with Crippen LogP contribution in [-0.4, -0.2) is 19.2 Å². The first-order valence-corrected chi connectivity index (χ1v) is 5.73. The predicted molar refractivity (Wildman–Crippen MR) is 67.2 cm³/mol. The van der Waals surface area contributed by atoms with Gasteiger partial charge >= 0.3 is 5.97 Å². The number of benzene rings is 1. The summed E-state index contributed by atoms with van der Waals surface area (Å²) in [5.41, 5.74) is 6.66. The van der Waals surface area contributed by atoms with Gasteiger partial charge in [0.25, 0.3) is 0 Å². The van der Waals surface area contributed by atoms with Crippen molar-refractivity contribution in [3.63, 3.8) is 0 Å². The van der Waals surface area contributed by atoms with Crippen molar-refractivity contribution in [2.45, 2.75) is 32.8 Å². The Labute approximate surface area is 102 Å². The molecule has 0 saturated carbocycles. The van der Waals surface area contributed by atoms with Gasteiger partial charge in [0, 0.05) is 11.8 Å². The summed E-state index contributed by atoms with van der Waals surface area (Å²) in [5.74, 6) is 0.0708. The summed E-state index contributed by atoms with van der Waals surface area (Å²) < 4.78 is 10.4. The Bertz CT molecular complexity index is 390. The topological polar surface area (TPSA) is 61.5 Å². The van der Waals surface area contributed by atoms with Gasteiger partial charge in [0.05, 0.1) is 13.2 Å². The number of carbonyl (C=O) groups is 1. The largest absolute Gasteiger partial charge is 0.490 e. The quantitative estimate of drug-likeness (QED) is 0.631. The number of methoxy groups -OCH3 is 1. The summed E-state index contributed by atoms with van der Waals surface area (Å²) in [7, 11) is 1.35. The highest BCUT2D eigenvalue weighted by atomic mass is 16.5. The van der Waals surface area contributed by atoms with E-state index in [9.17, 15) is 4.79 Å². The monoisotopic (exact) mass is 237 g/mol. The maximum absolute atomic E-state index is 11.5. The minimum absolute atomic E-state index is 0.0465. The lowest BCUT2D eigenvalue weighted by atomic mass is 10.1. The molecule has 4 nitrogen and oxygen atoms in total. The molecule has 0 aromatic heterocycles. The fourth-order valence-corrected chi connectivity index (χ4v) is 1.60. The van der Waals surface area contributed by atoms with Gasteiger partial charge in [-0.3, -0.25) is 0 Å². The third kappa shape index (κ3) is 3.66. The summed E-state index contributed by atoms with van der Waals surface area (Å²) in [4.78, 5) is 11.5. The molecule has 0 heterocycles. The van der Waals surface area contributed by atoms with Gasteiger partial charge in [-0.25, -0.2) is 4.79 Å². The van der Waals surface area contributed by atoms with E-state index in [1.165, 1.54) is 7.11 Å². The molecule has 0 aliphatic carbocycles. The molecular weight excluding hydrogens is 218 g/mol. The molecule has 1 rings (SSSR count). The Morgan fingerprint density at radius 3 is 2.76 bits per heavy atom. The second kappa shape index (κ2) is 6.13. The van der Waals surface area contributed by atoms with E-state index >= 15 is 0 Å². The van der Waals surface area contributed by atoms with E-state index < -0.39 is 5.97 Å². The first-order chi connectivity index (χ1) is 8.08. The van der Waals surface area contributed by atoms with Crippen LogP contribution >= 0.6 is 0 Å². The number of carbonyl (C=O) groups excluding carboxylic acids is 1. The summed E-state index contributed by atoms with van der Waals surface area (Å²) in [6.45, 7) is 4.05. The summed E-state index contributed by atoms with van der Waals surface area (Å²) in [5, 5.41) is 0. The van der Waals surface area contributed by atoms with Crippen LogP contribution in [-0.2, 0) is 4.74 Å². The molecule has 0 amide bonds. The van der Waals surface area contributed by atoms with E-state index in [-0.39, 0.29) is 6.10 Å². The van der Waals surface area contributed by atoms with E-state index in [0.717, 1.165) is 12.8 Å². The summed E-state index contributed by atoms with van der Waals surface area (Å²) in [6.07, 6.45) is 2.00. The molecule has 17 heavy (non-hydrogen) atoms. The van der Waals surface area contributed by atoms with Gasteiger partial charge in [-0.1, -0.05) is 13.3 Å². The molecule has 1 aromatic carbocycles. The zero-order valence-corrected chi connectivity index (χ0v) is 10.5. The molecule has 0 aliphatic rings. The zero-order chi connectivity index (χ0) is 12.8. The van der Waals surface area contributed by atoms with Crippen LogP contribution in [0.25, 0.3) is 0 Å². The van der Waals surface area contributed by atoms with Gasteiger partial charge in [0.1, 0.15) is 11.3 Å². The molecule has 1 unspecified atom stereocenters. The molecule has 0 fully saturated rings. The highest BCUT2D eigenvalue weighted by Crippen LogP contribution is 2.24. The molecule has 1 atom stereocenters. The zero-order valence-electron chi connectivity index (χ0n) is 10.5. The van der Waals surface area contributed by atoms with E-state index in [4.69, 9.17) is 15.2 Å². The lowest BCUT2D eigenvalue weighted by Crippen LogP contribution is -2.14. The number of nitrogens with two attached hydrogens (primary N) is 1. The minimum Gasteiger partial charge on any atom is -0.490 e. The van der Waals surface area contributed by atoms with Gasteiger partial charge in [0.15, 0.2) is 0 Å². The van der Waals surface area contributed by atoms with E-state index in [0.29, 0.717) is 17.0 Å². The lowest BCUT2D eigenvalue weighted by molar-refractivity contribution is 0.0593. The Balaban J connectivity index is 2.94. The molecule has 94 valence electrons. The number of rotatable bonds is 5. The van der Waals surface area contributed by atoms with Gasteiger partial charge < -0.3 is 15.2 Å². The second-order valence-corrected chi connectivity index (χ2v) is 3.96. The number of esters is 1. The first kappa shape index (κ1) is 13.4. The normalized spacial score (nSPS) is 11.9. The van der Waals surface area contributed by atoms with Crippen LogP contribution in [0.2, 0.25) is 0 Å². The number of ether oxygens (including phenoxy) is 2. The van der Waals surface area contributed by atoms with Crippen LogP contribution < -0.4 is 10.5 Å². The van der Waals surface area contributed by atoms with Crippen molar-refractivity contribution < 1.29 is 14.3 Å². The molecule has 4 heteroatoms. The fourth-order valence-electron chi connectivity index (χ4n) is 1.60. The predicted octanol–water partition coefficient (Wildman–Crippen LogP) is 2.62. The number of hydrogen-bond donors (Lipinski definition) is 1. The Kier molecular flexibility index (Phi) is 4.82. The van der Waals surface area contributed by atoms with Crippen molar-refractivity contribution in [3.8, 4) is 5.75 Å². The second-order valence-electron chi connectivity index (χ2n) is 3.96. The minimum atomic E-state index is -0.413. The molecular formula is C13H19NO3. The molecule has 0 bridgehead atoms. The molecule has 0 radical (unpaired) electrons. The van der Waals surface area contributed by atoms with Crippen molar-refractivity contribution in [3.05, 3.63) is 23.8 Å². The van der Waals surface area contributed by atoms with Crippen molar-refractivity contribution in [2.75, 3.05) is 12.8 Å². The third-order valence-electron chi connectivity index (χ3n) is 2.43. The molecule has 1 aromatic rings. The average Bonchev–Trinajstić information content (AvgIpc) is 2.28. The van der Waals surface area contributed by atoms with E-state index in [1.807, 2.05) is 6.92 Å². The Hall–Kier alpha value is -1.71. The van der Waals surface area contributed by atoms with Crippen LogP contribution in [0.5, 0.6) is 5.75 Å². The van der Waals surface area contributed by atoms with Crippen LogP contribution in [0.4, 0.5) is 5.69 Å². The fraction of sp³-hybridized carbons (Fsp3) is 0.462. The van der Waals surface area contributed by atoms with Crippen molar-refractivity contribution in [2.24, 2.45) is 0 Å². The van der Waals surface area contributed by atoms with Crippen molar-refractivity contribution in [1.82, 2.24) is 0 Å². The Morgan fingerprint density at radius 1 is 1.47 bits per heavy atom. The standard InChI is InChI=1S/C13H19NO3/c1-4-5-9(2)17-12-8-10(14)6-7-11(12)13(15)16-3/h6-9H,4-5,14H2,1-3H3. The van der Waals surface area contributed by atoms with Gasteiger partial charge in [-0.05, 0) is 25.5 Å². The molecule has 0 aliphatic heterocycles. The van der Waals surface area contributed by atoms with Gasteiger partial charge in [-0.15, -0.1) is 0 Å². The average molecular weight is 237 g/mol. The van der Waals surface area contributed by atoms with Crippen molar-refractivity contribution in [1.29, 1.82) is 0 Å². The number of hydrogen-bond acceptors (Lipinski definition) is 4. The Morgan fingerprint density at radius 2 is 2.18 bits per heavy atom. The van der Waals surface area contributed by atoms with Crippen LogP contribution in [0.1, 0.15) is 37.0 Å². The summed E-state index contributed by atoms with van der Waals surface area (Å²) in [6, 6.07) is 4.93.